The van der Waals surface area contributed by atoms with Crippen LogP contribution >= 0.6 is 11.6 Å². The molecule has 0 bridgehead atoms. The highest BCUT2D eigenvalue weighted by molar-refractivity contribution is 6.30. The molecule has 2 N–H and O–H groups in total. The number of benzene rings is 2. The number of anilines is 1. The van der Waals surface area contributed by atoms with Crippen LogP contribution in [-0.4, -0.2) is 4.98 Å². The molecule has 0 radical (unpaired) electrons. The topological polar surface area (TPSA) is 52.0 Å². The number of aryl methyl sites for hydroxylation is 2. The van der Waals surface area contributed by atoms with Crippen LogP contribution in [0.25, 0.3) is 22.6 Å². The average Bonchev–Trinajstić information content (AvgIpc) is 2.83. The molecule has 1 aromatic heterocycles. The molecule has 0 aliphatic heterocycles. The zero-order chi connectivity index (χ0) is 13.6. The van der Waals surface area contributed by atoms with Crippen molar-refractivity contribution in [2.45, 2.75) is 13.8 Å². The van der Waals surface area contributed by atoms with Crippen LogP contribution in [0, 0.1) is 13.8 Å². The van der Waals surface area contributed by atoms with Gasteiger partial charge in [-0.2, -0.15) is 0 Å². The van der Waals surface area contributed by atoms with Gasteiger partial charge in [0.05, 0.1) is 5.69 Å². The van der Waals surface area contributed by atoms with Gasteiger partial charge in [0.15, 0.2) is 5.58 Å². The van der Waals surface area contributed by atoms with Crippen LogP contribution in [0.3, 0.4) is 0 Å². The van der Waals surface area contributed by atoms with E-state index in [1.807, 2.05) is 44.2 Å². The Morgan fingerprint density at radius 2 is 1.79 bits per heavy atom. The van der Waals surface area contributed by atoms with Gasteiger partial charge in [-0.1, -0.05) is 17.7 Å². The number of hydrogen-bond donors (Lipinski definition) is 1. The minimum Gasteiger partial charge on any atom is -0.434 e. The largest absolute Gasteiger partial charge is 0.434 e. The quantitative estimate of drug-likeness (QED) is 0.670. The lowest BCUT2D eigenvalue weighted by atomic mass is 10.1. The molecule has 2 aromatic carbocycles. The highest BCUT2D eigenvalue weighted by atomic mass is 35.5. The summed E-state index contributed by atoms with van der Waals surface area (Å²) in [5, 5.41) is 0.686. The van der Waals surface area contributed by atoms with Crippen molar-refractivity contribution in [3.8, 4) is 11.5 Å². The molecule has 0 amide bonds. The van der Waals surface area contributed by atoms with Crippen molar-refractivity contribution in [1.82, 2.24) is 4.98 Å². The van der Waals surface area contributed by atoms with Gasteiger partial charge >= 0.3 is 0 Å². The van der Waals surface area contributed by atoms with E-state index in [4.69, 9.17) is 21.8 Å². The third kappa shape index (κ3) is 1.96. The van der Waals surface area contributed by atoms with Gasteiger partial charge in [-0.05, 0) is 49.2 Å². The van der Waals surface area contributed by atoms with Crippen LogP contribution < -0.4 is 5.73 Å². The fourth-order valence-electron chi connectivity index (χ4n) is 2.14. The highest BCUT2D eigenvalue weighted by Gasteiger charge is 2.14. The molecule has 0 spiro atoms. The van der Waals surface area contributed by atoms with Crippen molar-refractivity contribution in [3.63, 3.8) is 0 Å². The Morgan fingerprint density at radius 1 is 1.11 bits per heavy atom. The molecule has 19 heavy (non-hydrogen) atoms. The van der Waals surface area contributed by atoms with Crippen LogP contribution in [-0.2, 0) is 0 Å². The molecule has 1 heterocycles. The summed E-state index contributed by atoms with van der Waals surface area (Å²) in [6.07, 6.45) is 0. The third-order valence-electron chi connectivity index (χ3n) is 3.19. The molecule has 0 unspecified atom stereocenters. The number of rotatable bonds is 1. The normalized spacial score (nSPS) is 11.1. The SMILES string of the molecule is Cc1cc(C)c2nc(-c3ccc(Cl)cc3)oc2c1N. The fraction of sp³-hybridized carbons (Fsp3) is 0.133. The minimum atomic E-state index is 0.562. The predicted octanol–water partition coefficient (Wildman–Crippen LogP) is 4.35. The van der Waals surface area contributed by atoms with E-state index >= 15 is 0 Å². The summed E-state index contributed by atoms with van der Waals surface area (Å²) in [6.45, 7) is 3.97. The van der Waals surface area contributed by atoms with Crippen molar-refractivity contribution in [3.05, 3.63) is 46.5 Å². The summed E-state index contributed by atoms with van der Waals surface area (Å²) in [4.78, 5) is 4.52. The first-order chi connectivity index (χ1) is 9.06. The molecule has 4 heteroatoms. The van der Waals surface area contributed by atoms with Crippen LogP contribution in [0.5, 0.6) is 0 Å². The second-order valence-electron chi connectivity index (χ2n) is 4.63. The van der Waals surface area contributed by atoms with Gasteiger partial charge in [0.25, 0.3) is 0 Å². The van der Waals surface area contributed by atoms with Gasteiger partial charge in [0.1, 0.15) is 5.52 Å². The van der Waals surface area contributed by atoms with Gasteiger partial charge < -0.3 is 10.2 Å². The number of nitrogens with two attached hydrogens (primary N) is 1. The Balaban J connectivity index is 2.24. The first-order valence-corrected chi connectivity index (χ1v) is 6.36. The zero-order valence-electron chi connectivity index (χ0n) is 10.7. The van der Waals surface area contributed by atoms with Crippen LogP contribution in [0.15, 0.2) is 34.7 Å². The van der Waals surface area contributed by atoms with E-state index in [-0.39, 0.29) is 0 Å². The van der Waals surface area contributed by atoms with E-state index in [1.165, 1.54) is 0 Å². The number of fused-ring (bicyclic) bond motifs is 1. The van der Waals surface area contributed by atoms with Crippen molar-refractivity contribution < 1.29 is 4.42 Å². The van der Waals surface area contributed by atoms with E-state index in [2.05, 4.69) is 4.98 Å². The van der Waals surface area contributed by atoms with Crippen molar-refractivity contribution >= 4 is 28.4 Å². The summed E-state index contributed by atoms with van der Waals surface area (Å²) in [5.74, 6) is 0.562. The maximum absolute atomic E-state index is 6.05. The fourth-order valence-corrected chi connectivity index (χ4v) is 2.26. The molecule has 3 rings (SSSR count). The van der Waals surface area contributed by atoms with Gasteiger partial charge in [-0.25, -0.2) is 4.98 Å². The number of aromatic nitrogens is 1. The predicted molar refractivity (Wildman–Crippen MR) is 78.3 cm³/mol. The summed E-state index contributed by atoms with van der Waals surface area (Å²) < 4.78 is 5.81. The van der Waals surface area contributed by atoms with Gasteiger partial charge in [-0.3, -0.25) is 0 Å². The van der Waals surface area contributed by atoms with Gasteiger partial charge in [0.2, 0.25) is 5.89 Å². The van der Waals surface area contributed by atoms with E-state index in [0.717, 1.165) is 22.2 Å². The van der Waals surface area contributed by atoms with Crippen LogP contribution in [0.1, 0.15) is 11.1 Å². The number of nitrogens with zero attached hydrogens (tertiary/aromatic N) is 1. The smallest absolute Gasteiger partial charge is 0.227 e. The summed E-state index contributed by atoms with van der Waals surface area (Å²) in [5.41, 5.74) is 11.1. The lowest BCUT2D eigenvalue weighted by Crippen LogP contribution is -1.91. The Morgan fingerprint density at radius 3 is 2.47 bits per heavy atom. The zero-order valence-corrected chi connectivity index (χ0v) is 11.5. The van der Waals surface area contributed by atoms with E-state index < -0.39 is 0 Å². The molecule has 3 nitrogen and oxygen atoms in total. The molecule has 0 fully saturated rings. The second-order valence-corrected chi connectivity index (χ2v) is 5.06. The third-order valence-corrected chi connectivity index (χ3v) is 3.45. The molecule has 0 aliphatic rings. The number of nitrogen functional groups attached to an aromatic ring is 1. The Labute approximate surface area is 116 Å². The first kappa shape index (κ1) is 12.1. The Bertz CT molecular complexity index is 760. The second kappa shape index (κ2) is 4.28. The standard InChI is InChI=1S/C15H13ClN2O/c1-8-7-9(2)13-14(12(8)17)19-15(18-13)10-3-5-11(16)6-4-10/h3-7H,17H2,1-2H3. The van der Waals surface area contributed by atoms with E-state index in [0.29, 0.717) is 22.2 Å². The van der Waals surface area contributed by atoms with Gasteiger partial charge in [0, 0.05) is 10.6 Å². The Hall–Kier alpha value is -2.00. The molecule has 0 saturated carbocycles. The molecule has 0 atom stereocenters. The molecule has 0 saturated heterocycles. The van der Waals surface area contributed by atoms with Crippen molar-refractivity contribution in [1.29, 1.82) is 0 Å². The Kier molecular flexibility index (Phi) is 2.72. The van der Waals surface area contributed by atoms with E-state index in [1.54, 1.807) is 0 Å². The molecular formula is C15H13ClN2O. The molecule has 0 aliphatic carbocycles. The van der Waals surface area contributed by atoms with E-state index in [9.17, 15) is 0 Å². The van der Waals surface area contributed by atoms with Crippen LogP contribution in [0.2, 0.25) is 5.02 Å². The maximum Gasteiger partial charge on any atom is 0.227 e. The van der Waals surface area contributed by atoms with Gasteiger partial charge in [-0.15, -0.1) is 0 Å². The molecular weight excluding hydrogens is 260 g/mol. The first-order valence-electron chi connectivity index (χ1n) is 5.98. The number of hydrogen-bond acceptors (Lipinski definition) is 3. The summed E-state index contributed by atoms with van der Waals surface area (Å²) in [7, 11) is 0. The van der Waals surface area contributed by atoms with Crippen molar-refractivity contribution in [2.75, 3.05) is 5.73 Å². The minimum absolute atomic E-state index is 0.562. The summed E-state index contributed by atoms with van der Waals surface area (Å²) >= 11 is 5.88. The number of oxazole rings is 1. The lowest BCUT2D eigenvalue weighted by molar-refractivity contribution is 0.621. The number of halogens is 1. The monoisotopic (exact) mass is 272 g/mol. The molecule has 3 aromatic rings. The van der Waals surface area contributed by atoms with Crippen LogP contribution in [0.4, 0.5) is 5.69 Å². The lowest BCUT2D eigenvalue weighted by Gasteiger charge is -2.01. The van der Waals surface area contributed by atoms with Crippen molar-refractivity contribution in [2.24, 2.45) is 0 Å². The molecule has 96 valence electrons. The highest BCUT2D eigenvalue weighted by Crippen LogP contribution is 2.32. The average molecular weight is 273 g/mol. The maximum atomic E-state index is 6.05. The summed E-state index contributed by atoms with van der Waals surface area (Å²) in [6, 6.07) is 9.41.